The Labute approximate surface area is 148 Å². The van der Waals surface area contributed by atoms with Crippen LogP contribution in [0.3, 0.4) is 0 Å². The average Bonchev–Trinajstić information content (AvgIpc) is 2.54. The van der Waals surface area contributed by atoms with Crippen molar-refractivity contribution in [3.8, 4) is 5.75 Å². The van der Waals surface area contributed by atoms with E-state index >= 15 is 0 Å². The third kappa shape index (κ3) is 4.89. The van der Waals surface area contributed by atoms with Gasteiger partial charge in [-0.1, -0.05) is 36.7 Å². The van der Waals surface area contributed by atoms with E-state index in [4.69, 9.17) is 16.3 Å². The topological polar surface area (TPSA) is 38.3 Å². The number of ether oxygens (including phenoxy) is 1. The van der Waals surface area contributed by atoms with Crippen LogP contribution in [-0.4, -0.2) is 12.0 Å². The van der Waals surface area contributed by atoms with Crippen molar-refractivity contribution in [1.82, 2.24) is 0 Å². The molecular formula is C18H17ClF3NO2. The summed E-state index contributed by atoms with van der Waals surface area (Å²) >= 11 is 5.64. The van der Waals surface area contributed by atoms with Crippen LogP contribution >= 0.6 is 11.6 Å². The number of alkyl halides is 3. The fourth-order valence-corrected chi connectivity index (χ4v) is 2.41. The number of aryl methyl sites for hydroxylation is 1. The van der Waals surface area contributed by atoms with Crippen LogP contribution < -0.4 is 10.1 Å². The Kier molecular flexibility index (Phi) is 5.95. The van der Waals surface area contributed by atoms with Gasteiger partial charge in [0, 0.05) is 5.02 Å². The molecule has 2 rings (SSSR count). The quantitative estimate of drug-likeness (QED) is 0.757. The maximum atomic E-state index is 13.1. The molecule has 0 spiro atoms. The number of benzene rings is 2. The molecule has 0 heterocycles. The number of nitrogens with one attached hydrogen (secondary N) is 1. The predicted molar refractivity (Wildman–Crippen MR) is 91.0 cm³/mol. The first-order valence-electron chi connectivity index (χ1n) is 7.62. The predicted octanol–water partition coefficient (Wildman–Crippen LogP) is 5.46. The van der Waals surface area contributed by atoms with Gasteiger partial charge in [-0.2, -0.15) is 13.2 Å². The third-order valence-corrected chi connectivity index (χ3v) is 3.81. The highest BCUT2D eigenvalue weighted by Crippen LogP contribution is 2.36. The first-order valence-corrected chi connectivity index (χ1v) is 8.00. The van der Waals surface area contributed by atoms with E-state index in [2.05, 4.69) is 5.32 Å². The first-order chi connectivity index (χ1) is 11.7. The van der Waals surface area contributed by atoms with Crippen LogP contribution in [0.25, 0.3) is 0 Å². The van der Waals surface area contributed by atoms with Crippen molar-refractivity contribution in [2.24, 2.45) is 0 Å². The molecule has 0 aliphatic rings. The molecule has 3 nitrogen and oxygen atoms in total. The molecule has 0 saturated heterocycles. The minimum absolute atomic E-state index is 0.0616. The fraction of sp³-hybridized carbons (Fsp3) is 0.278. The highest BCUT2D eigenvalue weighted by Gasteiger charge is 2.34. The molecule has 0 radical (unpaired) electrons. The Morgan fingerprint density at radius 3 is 2.52 bits per heavy atom. The molecule has 1 atom stereocenters. The molecule has 0 aliphatic heterocycles. The van der Waals surface area contributed by atoms with Crippen molar-refractivity contribution in [1.29, 1.82) is 0 Å². The molecule has 0 fully saturated rings. The molecule has 0 saturated carbocycles. The third-order valence-electron chi connectivity index (χ3n) is 3.57. The summed E-state index contributed by atoms with van der Waals surface area (Å²) in [5.41, 5.74) is -0.524. The van der Waals surface area contributed by atoms with E-state index in [0.29, 0.717) is 12.2 Å². The fourth-order valence-electron chi connectivity index (χ4n) is 2.24. The van der Waals surface area contributed by atoms with Crippen molar-refractivity contribution in [3.05, 3.63) is 58.6 Å². The normalized spacial score (nSPS) is 12.6. The minimum Gasteiger partial charge on any atom is -0.480 e. The summed E-state index contributed by atoms with van der Waals surface area (Å²) in [5.74, 6) is -0.143. The number of amides is 1. The molecule has 25 heavy (non-hydrogen) atoms. The van der Waals surface area contributed by atoms with E-state index in [9.17, 15) is 18.0 Å². The van der Waals surface area contributed by atoms with Crippen molar-refractivity contribution in [2.75, 3.05) is 5.32 Å². The second kappa shape index (κ2) is 7.78. The molecule has 1 N–H and O–H groups in total. The van der Waals surface area contributed by atoms with Gasteiger partial charge in [0.15, 0.2) is 6.10 Å². The van der Waals surface area contributed by atoms with Crippen LogP contribution in [0.5, 0.6) is 5.75 Å². The molecule has 0 bridgehead atoms. The number of carbonyl (C=O) groups excluding carboxylic acids is 1. The first kappa shape index (κ1) is 19.1. The Morgan fingerprint density at radius 2 is 1.92 bits per heavy atom. The standard InChI is InChI=1S/C18H17ClF3NO2/c1-3-15(25-16-7-5-4-6-11(16)2)17(24)23-14-9-8-12(19)10-13(14)18(20,21)22/h4-10,15H,3H2,1-2H3,(H,23,24)/t15-/m1/s1. The number of halogens is 4. The molecule has 1 amide bonds. The molecule has 2 aromatic rings. The summed E-state index contributed by atoms with van der Waals surface area (Å²) in [5, 5.41) is 2.23. The summed E-state index contributed by atoms with van der Waals surface area (Å²) in [4.78, 5) is 12.4. The van der Waals surface area contributed by atoms with Crippen LogP contribution in [0, 0.1) is 6.92 Å². The van der Waals surface area contributed by atoms with Gasteiger partial charge < -0.3 is 10.1 Å². The summed E-state index contributed by atoms with van der Waals surface area (Å²) in [7, 11) is 0. The molecule has 0 unspecified atom stereocenters. The van der Waals surface area contributed by atoms with Crippen LogP contribution in [0.2, 0.25) is 5.02 Å². The number of hydrogen-bond donors (Lipinski definition) is 1. The van der Waals surface area contributed by atoms with Gasteiger partial charge in [-0.05, 0) is 43.2 Å². The minimum atomic E-state index is -4.63. The second-order valence-corrected chi connectivity index (χ2v) is 5.89. The molecule has 2 aromatic carbocycles. The maximum absolute atomic E-state index is 13.1. The van der Waals surface area contributed by atoms with Crippen molar-refractivity contribution in [2.45, 2.75) is 32.5 Å². The van der Waals surface area contributed by atoms with Gasteiger partial charge in [0.25, 0.3) is 5.91 Å². The van der Waals surface area contributed by atoms with Gasteiger partial charge >= 0.3 is 6.18 Å². The Balaban J connectivity index is 2.22. The highest BCUT2D eigenvalue weighted by atomic mass is 35.5. The van der Waals surface area contributed by atoms with Gasteiger partial charge in [-0.15, -0.1) is 0 Å². The lowest BCUT2D eigenvalue weighted by Crippen LogP contribution is -2.33. The van der Waals surface area contributed by atoms with E-state index in [1.807, 2.05) is 19.1 Å². The molecular weight excluding hydrogens is 355 g/mol. The summed E-state index contributed by atoms with van der Waals surface area (Å²) in [6.45, 7) is 3.54. The number of hydrogen-bond acceptors (Lipinski definition) is 2. The van der Waals surface area contributed by atoms with Crippen molar-refractivity contribution < 1.29 is 22.7 Å². The van der Waals surface area contributed by atoms with Crippen LogP contribution in [0.1, 0.15) is 24.5 Å². The lowest BCUT2D eigenvalue weighted by Gasteiger charge is -2.20. The molecule has 7 heteroatoms. The van der Waals surface area contributed by atoms with E-state index in [1.165, 1.54) is 6.07 Å². The van der Waals surface area contributed by atoms with Gasteiger partial charge in [0.2, 0.25) is 0 Å². The SMILES string of the molecule is CC[C@@H](Oc1ccccc1C)C(=O)Nc1ccc(Cl)cc1C(F)(F)F. The van der Waals surface area contributed by atoms with E-state index in [-0.39, 0.29) is 10.7 Å². The monoisotopic (exact) mass is 371 g/mol. The maximum Gasteiger partial charge on any atom is 0.418 e. The zero-order chi connectivity index (χ0) is 18.6. The lowest BCUT2D eigenvalue weighted by atomic mass is 10.1. The number of rotatable bonds is 5. The Bertz CT molecular complexity index is 762. The molecule has 0 aliphatic carbocycles. The van der Waals surface area contributed by atoms with Gasteiger partial charge in [0.05, 0.1) is 11.3 Å². The zero-order valence-corrected chi connectivity index (χ0v) is 14.4. The van der Waals surface area contributed by atoms with E-state index in [0.717, 1.165) is 17.7 Å². The summed E-state index contributed by atoms with van der Waals surface area (Å²) < 4.78 is 45.0. The Morgan fingerprint density at radius 1 is 1.24 bits per heavy atom. The van der Waals surface area contributed by atoms with E-state index < -0.39 is 23.8 Å². The average molecular weight is 372 g/mol. The Hall–Kier alpha value is -2.21. The number of anilines is 1. The van der Waals surface area contributed by atoms with Gasteiger partial charge in [0.1, 0.15) is 5.75 Å². The molecule has 0 aromatic heterocycles. The van der Waals surface area contributed by atoms with Crippen molar-refractivity contribution >= 4 is 23.2 Å². The highest BCUT2D eigenvalue weighted by molar-refractivity contribution is 6.30. The summed E-state index contributed by atoms with van der Waals surface area (Å²) in [6.07, 6.45) is -5.25. The summed E-state index contributed by atoms with van der Waals surface area (Å²) in [6, 6.07) is 10.3. The largest absolute Gasteiger partial charge is 0.480 e. The second-order valence-electron chi connectivity index (χ2n) is 5.46. The van der Waals surface area contributed by atoms with Crippen LogP contribution in [0.15, 0.2) is 42.5 Å². The van der Waals surface area contributed by atoms with Crippen LogP contribution in [-0.2, 0) is 11.0 Å². The zero-order valence-electron chi connectivity index (χ0n) is 13.7. The van der Waals surface area contributed by atoms with Gasteiger partial charge in [-0.3, -0.25) is 4.79 Å². The van der Waals surface area contributed by atoms with Crippen molar-refractivity contribution in [3.63, 3.8) is 0 Å². The smallest absolute Gasteiger partial charge is 0.418 e. The number of para-hydroxylation sites is 1. The lowest BCUT2D eigenvalue weighted by molar-refractivity contribution is -0.137. The molecule has 134 valence electrons. The van der Waals surface area contributed by atoms with Crippen LogP contribution in [0.4, 0.5) is 18.9 Å². The van der Waals surface area contributed by atoms with Gasteiger partial charge in [-0.25, -0.2) is 0 Å². The number of carbonyl (C=O) groups is 1. The van der Waals surface area contributed by atoms with E-state index in [1.54, 1.807) is 19.1 Å².